The van der Waals surface area contributed by atoms with Crippen LogP contribution in [-0.4, -0.2) is 19.2 Å². The molecule has 0 amide bonds. The van der Waals surface area contributed by atoms with Gasteiger partial charge >= 0.3 is 0 Å². The first-order chi connectivity index (χ1) is 9.63. The fourth-order valence-corrected chi connectivity index (χ4v) is 1.85. The third-order valence-corrected chi connectivity index (χ3v) is 3.05. The number of pyridine rings is 1. The average Bonchev–Trinajstić information content (AvgIpc) is 2.48. The normalized spacial score (nSPS) is 10.2. The van der Waals surface area contributed by atoms with E-state index in [0.717, 1.165) is 22.8 Å². The number of benzene rings is 1. The van der Waals surface area contributed by atoms with E-state index in [1.165, 1.54) is 0 Å². The van der Waals surface area contributed by atoms with E-state index in [4.69, 9.17) is 15.2 Å². The lowest BCUT2D eigenvalue weighted by molar-refractivity contribution is 0.354. The van der Waals surface area contributed by atoms with Crippen LogP contribution in [0.4, 0.5) is 11.5 Å². The summed E-state index contributed by atoms with van der Waals surface area (Å²) in [7, 11) is 3.25. The van der Waals surface area contributed by atoms with Gasteiger partial charge in [0.25, 0.3) is 0 Å². The molecule has 0 radical (unpaired) electrons. The molecule has 5 nitrogen and oxygen atoms in total. The van der Waals surface area contributed by atoms with E-state index in [-0.39, 0.29) is 0 Å². The summed E-state index contributed by atoms with van der Waals surface area (Å²) in [6.45, 7) is 2.54. The first-order valence-electron chi connectivity index (χ1n) is 6.32. The lowest BCUT2D eigenvalue weighted by atomic mass is 10.2. The van der Waals surface area contributed by atoms with Crippen LogP contribution in [0.15, 0.2) is 30.3 Å². The van der Waals surface area contributed by atoms with Gasteiger partial charge in [0.05, 0.1) is 25.6 Å². The molecule has 1 aromatic heterocycles. The van der Waals surface area contributed by atoms with Gasteiger partial charge in [-0.1, -0.05) is 6.07 Å². The number of hydrogen-bond donors (Lipinski definition) is 2. The molecule has 0 saturated carbocycles. The van der Waals surface area contributed by atoms with Crippen molar-refractivity contribution in [2.45, 2.75) is 13.5 Å². The topological polar surface area (TPSA) is 69.4 Å². The SMILES string of the molecule is COc1ccc(CNc2ccc(N)c(C)n2)cc1OC. The number of nitrogens with zero attached hydrogens (tertiary/aromatic N) is 1. The smallest absolute Gasteiger partial charge is 0.161 e. The maximum atomic E-state index is 5.75. The molecule has 0 aliphatic rings. The molecule has 1 heterocycles. The molecule has 0 saturated heterocycles. The van der Waals surface area contributed by atoms with Crippen molar-refractivity contribution in [2.75, 3.05) is 25.3 Å². The number of rotatable bonds is 5. The van der Waals surface area contributed by atoms with Crippen molar-refractivity contribution < 1.29 is 9.47 Å². The monoisotopic (exact) mass is 273 g/mol. The second-order valence-corrected chi connectivity index (χ2v) is 4.41. The van der Waals surface area contributed by atoms with E-state index in [1.807, 2.05) is 37.3 Å². The number of nitrogen functional groups attached to an aromatic ring is 1. The minimum absolute atomic E-state index is 0.650. The number of nitrogens with one attached hydrogen (secondary N) is 1. The van der Waals surface area contributed by atoms with Crippen molar-refractivity contribution in [1.29, 1.82) is 0 Å². The van der Waals surface area contributed by atoms with Gasteiger partial charge in [-0.3, -0.25) is 0 Å². The molecule has 1 aromatic carbocycles. The van der Waals surface area contributed by atoms with E-state index in [0.29, 0.717) is 18.0 Å². The first-order valence-corrected chi connectivity index (χ1v) is 6.32. The molecule has 0 aliphatic carbocycles. The van der Waals surface area contributed by atoms with E-state index in [9.17, 15) is 0 Å². The summed E-state index contributed by atoms with van der Waals surface area (Å²) in [5.74, 6) is 2.23. The van der Waals surface area contributed by atoms with Crippen LogP contribution < -0.4 is 20.5 Å². The van der Waals surface area contributed by atoms with Gasteiger partial charge in [0.1, 0.15) is 5.82 Å². The second-order valence-electron chi connectivity index (χ2n) is 4.41. The third-order valence-electron chi connectivity index (χ3n) is 3.05. The maximum absolute atomic E-state index is 5.75. The Labute approximate surface area is 118 Å². The highest BCUT2D eigenvalue weighted by atomic mass is 16.5. The molecule has 0 aliphatic heterocycles. The molecular formula is C15H19N3O2. The van der Waals surface area contributed by atoms with Gasteiger partial charge in [0.2, 0.25) is 0 Å². The Morgan fingerprint density at radius 1 is 1.10 bits per heavy atom. The Bertz CT molecular complexity index is 600. The van der Waals surface area contributed by atoms with E-state index in [1.54, 1.807) is 14.2 Å². The molecule has 0 bridgehead atoms. The zero-order valence-corrected chi connectivity index (χ0v) is 11.9. The molecule has 0 spiro atoms. The number of aryl methyl sites for hydroxylation is 1. The molecule has 0 unspecified atom stereocenters. The fourth-order valence-electron chi connectivity index (χ4n) is 1.85. The molecule has 5 heteroatoms. The van der Waals surface area contributed by atoms with Gasteiger partial charge in [0, 0.05) is 6.54 Å². The predicted molar refractivity (Wildman–Crippen MR) is 80.3 cm³/mol. The molecule has 3 N–H and O–H groups in total. The summed E-state index contributed by atoms with van der Waals surface area (Å²) in [6, 6.07) is 9.52. The van der Waals surface area contributed by atoms with Crippen LogP contribution in [0.3, 0.4) is 0 Å². The molecule has 0 fully saturated rings. The van der Waals surface area contributed by atoms with Gasteiger partial charge in [-0.2, -0.15) is 0 Å². The Balaban J connectivity index is 2.08. The quantitative estimate of drug-likeness (QED) is 0.876. The van der Waals surface area contributed by atoms with E-state index < -0.39 is 0 Å². The number of ether oxygens (including phenoxy) is 2. The van der Waals surface area contributed by atoms with Crippen molar-refractivity contribution in [2.24, 2.45) is 0 Å². The van der Waals surface area contributed by atoms with Gasteiger partial charge in [-0.05, 0) is 36.8 Å². The summed E-state index contributed by atoms with van der Waals surface area (Å²) in [6.07, 6.45) is 0. The van der Waals surface area contributed by atoms with Crippen molar-refractivity contribution in [3.63, 3.8) is 0 Å². The van der Waals surface area contributed by atoms with Crippen molar-refractivity contribution in [1.82, 2.24) is 4.98 Å². The summed E-state index contributed by atoms with van der Waals surface area (Å²) in [5, 5.41) is 3.25. The third kappa shape index (κ3) is 3.12. The Kier molecular flexibility index (Phi) is 4.30. The minimum Gasteiger partial charge on any atom is -0.493 e. The zero-order chi connectivity index (χ0) is 14.5. The number of methoxy groups -OCH3 is 2. The van der Waals surface area contributed by atoms with Crippen LogP contribution in [0.5, 0.6) is 11.5 Å². The standard InChI is InChI=1S/C15H19N3O2/c1-10-12(16)5-7-15(18-10)17-9-11-4-6-13(19-2)14(8-11)20-3/h4-8H,9,16H2,1-3H3,(H,17,18). The Hall–Kier alpha value is -2.43. The summed E-state index contributed by atoms with van der Waals surface area (Å²) >= 11 is 0. The molecule has 2 aromatic rings. The highest BCUT2D eigenvalue weighted by Gasteiger charge is 2.05. The number of anilines is 2. The number of nitrogens with two attached hydrogens (primary N) is 1. The van der Waals surface area contributed by atoms with Crippen molar-refractivity contribution >= 4 is 11.5 Å². The summed E-state index contributed by atoms with van der Waals surface area (Å²) in [5.41, 5.74) is 8.35. The van der Waals surface area contributed by atoms with Gasteiger partial charge < -0.3 is 20.5 Å². The van der Waals surface area contributed by atoms with Gasteiger partial charge in [-0.25, -0.2) is 4.98 Å². The average molecular weight is 273 g/mol. The van der Waals surface area contributed by atoms with Crippen LogP contribution in [0.25, 0.3) is 0 Å². The lowest BCUT2D eigenvalue weighted by Crippen LogP contribution is -2.03. The number of hydrogen-bond acceptors (Lipinski definition) is 5. The Morgan fingerprint density at radius 3 is 2.50 bits per heavy atom. The summed E-state index contributed by atoms with van der Waals surface area (Å²) < 4.78 is 10.5. The van der Waals surface area contributed by atoms with Gasteiger partial charge in [0.15, 0.2) is 11.5 Å². The molecule has 0 atom stereocenters. The van der Waals surface area contributed by atoms with Crippen molar-refractivity contribution in [3.05, 3.63) is 41.6 Å². The first kappa shape index (κ1) is 14.0. The highest BCUT2D eigenvalue weighted by molar-refractivity contribution is 5.50. The fraction of sp³-hybridized carbons (Fsp3) is 0.267. The van der Waals surface area contributed by atoms with Crippen LogP contribution in [0, 0.1) is 6.92 Å². The van der Waals surface area contributed by atoms with Crippen LogP contribution >= 0.6 is 0 Å². The van der Waals surface area contributed by atoms with Crippen LogP contribution in [0.1, 0.15) is 11.3 Å². The van der Waals surface area contributed by atoms with Crippen molar-refractivity contribution in [3.8, 4) is 11.5 Å². The summed E-state index contributed by atoms with van der Waals surface area (Å²) in [4.78, 5) is 4.37. The largest absolute Gasteiger partial charge is 0.493 e. The van der Waals surface area contributed by atoms with Crippen LogP contribution in [-0.2, 0) is 6.54 Å². The Morgan fingerprint density at radius 2 is 1.85 bits per heavy atom. The van der Waals surface area contributed by atoms with Crippen LogP contribution in [0.2, 0.25) is 0 Å². The lowest BCUT2D eigenvalue weighted by Gasteiger charge is -2.11. The van der Waals surface area contributed by atoms with E-state index >= 15 is 0 Å². The number of aromatic nitrogens is 1. The maximum Gasteiger partial charge on any atom is 0.161 e. The molecular weight excluding hydrogens is 254 g/mol. The predicted octanol–water partition coefficient (Wildman–Crippen LogP) is 2.60. The van der Waals surface area contributed by atoms with E-state index in [2.05, 4.69) is 10.3 Å². The molecule has 20 heavy (non-hydrogen) atoms. The molecule has 106 valence electrons. The highest BCUT2D eigenvalue weighted by Crippen LogP contribution is 2.27. The van der Waals surface area contributed by atoms with Gasteiger partial charge in [-0.15, -0.1) is 0 Å². The molecule has 2 rings (SSSR count). The second kappa shape index (κ2) is 6.14. The zero-order valence-electron chi connectivity index (χ0n) is 11.9. The minimum atomic E-state index is 0.650.